The number of rotatable bonds is 3. The molecule has 1 saturated heterocycles. The van der Waals surface area contributed by atoms with Crippen molar-refractivity contribution in [2.75, 3.05) is 32.7 Å². The van der Waals surface area contributed by atoms with Gasteiger partial charge in [-0.05, 0) is 34.0 Å². The van der Waals surface area contributed by atoms with E-state index in [1.54, 1.807) is 6.20 Å². The summed E-state index contributed by atoms with van der Waals surface area (Å²) in [7, 11) is 0. The van der Waals surface area contributed by atoms with Crippen molar-refractivity contribution in [2.24, 2.45) is 5.92 Å². The van der Waals surface area contributed by atoms with E-state index in [2.05, 4.69) is 39.7 Å². The van der Waals surface area contributed by atoms with E-state index in [0.29, 0.717) is 11.6 Å². The standard InChI is InChI=1S/C14H20BrN3O/c1-11(2)10-17-6-8-18(9-7-17)14(19)13-12(15)4-3-5-16-13/h3-5,11H,6-10H2,1-2H3. The number of hydrogen-bond donors (Lipinski definition) is 0. The van der Waals surface area contributed by atoms with Crippen LogP contribution in [0.5, 0.6) is 0 Å². The molecule has 19 heavy (non-hydrogen) atoms. The number of pyridine rings is 1. The van der Waals surface area contributed by atoms with Crippen LogP contribution >= 0.6 is 15.9 Å². The average molecular weight is 326 g/mol. The Morgan fingerprint density at radius 1 is 1.37 bits per heavy atom. The van der Waals surface area contributed by atoms with Crippen LogP contribution in [-0.2, 0) is 0 Å². The lowest BCUT2D eigenvalue weighted by Gasteiger charge is -2.35. The first-order valence-electron chi connectivity index (χ1n) is 6.70. The number of halogens is 1. The normalized spacial score (nSPS) is 16.9. The Bertz CT molecular complexity index is 442. The fraction of sp³-hybridized carbons (Fsp3) is 0.571. The van der Waals surface area contributed by atoms with E-state index in [1.807, 2.05) is 17.0 Å². The van der Waals surface area contributed by atoms with Crippen molar-refractivity contribution in [1.29, 1.82) is 0 Å². The van der Waals surface area contributed by atoms with Gasteiger partial charge >= 0.3 is 0 Å². The molecule has 2 heterocycles. The third kappa shape index (κ3) is 3.76. The number of nitrogens with zero attached hydrogens (tertiary/aromatic N) is 3. The molecule has 4 nitrogen and oxygen atoms in total. The first kappa shape index (κ1) is 14.5. The maximum absolute atomic E-state index is 12.4. The number of hydrogen-bond acceptors (Lipinski definition) is 3. The summed E-state index contributed by atoms with van der Waals surface area (Å²) in [6, 6.07) is 3.68. The SMILES string of the molecule is CC(C)CN1CCN(C(=O)c2ncccc2Br)CC1. The van der Waals surface area contributed by atoms with Crippen LogP contribution in [0, 0.1) is 5.92 Å². The summed E-state index contributed by atoms with van der Waals surface area (Å²) in [6.07, 6.45) is 1.66. The van der Waals surface area contributed by atoms with Crippen molar-refractivity contribution < 1.29 is 4.79 Å². The van der Waals surface area contributed by atoms with Crippen LogP contribution in [-0.4, -0.2) is 53.4 Å². The third-order valence-electron chi connectivity index (χ3n) is 3.24. The van der Waals surface area contributed by atoms with Crippen molar-refractivity contribution in [3.8, 4) is 0 Å². The van der Waals surface area contributed by atoms with Crippen molar-refractivity contribution >= 4 is 21.8 Å². The zero-order chi connectivity index (χ0) is 13.8. The van der Waals surface area contributed by atoms with Crippen LogP contribution in [0.1, 0.15) is 24.3 Å². The lowest BCUT2D eigenvalue weighted by molar-refractivity contribution is 0.0617. The smallest absolute Gasteiger partial charge is 0.273 e. The fourth-order valence-electron chi connectivity index (χ4n) is 2.34. The van der Waals surface area contributed by atoms with E-state index in [0.717, 1.165) is 37.2 Å². The van der Waals surface area contributed by atoms with Gasteiger partial charge in [-0.1, -0.05) is 13.8 Å². The molecular weight excluding hydrogens is 306 g/mol. The molecule has 104 valence electrons. The van der Waals surface area contributed by atoms with E-state index in [4.69, 9.17) is 0 Å². The molecule has 0 saturated carbocycles. The number of carbonyl (C=O) groups is 1. The lowest BCUT2D eigenvalue weighted by atomic mass is 10.2. The van der Waals surface area contributed by atoms with Crippen LogP contribution in [0.4, 0.5) is 0 Å². The quantitative estimate of drug-likeness (QED) is 0.855. The molecule has 0 N–H and O–H groups in total. The highest BCUT2D eigenvalue weighted by Gasteiger charge is 2.24. The number of aromatic nitrogens is 1. The number of carbonyl (C=O) groups excluding carboxylic acids is 1. The molecule has 1 aromatic rings. The molecule has 0 bridgehead atoms. The van der Waals surface area contributed by atoms with Gasteiger partial charge in [0.15, 0.2) is 0 Å². The Morgan fingerprint density at radius 3 is 2.63 bits per heavy atom. The van der Waals surface area contributed by atoms with Crippen LogP contribution in [0.25, 0.3) is 0 Å². The van der Waals surface area contributed by atoms with E-state index in [1.165, 1.54) is 0 Å². The number of amides is 1. The van der Waals surface area contributed by atoms with Crippen molar-refractivity contribution in [3.05, 3.63) is 28.5 Å². The van der Waals surface area contributed by atoms with Crippen LogP contribution < -0.4 is 0 Å². The fourth-order valence-corrected chi connectivity index (χ4v) is 2.77. The van der Waals surface area contributed by atoms with Gasteiger partial charge in [0.1, 0.15) is 5.69 Å². The van der Waals surface area contributed by atoms with E-state index >= 15 is 0 Å². The summed E-state index contributed by atoms with van der Waals surface area (Å²) >= 11 is 3.39. The molecule has 1 fully saturated rings. The van der Waals surface area contributed by atoms with Gasteiger partial charge in [0, 0.05) is 43.4 Å². The lowest BCUT2D eigenvalue weighted by Crippen LogP contribution is -2.49. The highest BCUT2D eigenvalue weighted by molar-refractivity contribution is 9.10. The molecule has 1 aliphatic heterocycles. The first-order chi connectivity index (χ1) is 9.08. The summed E-state index contributed by atoms with van der Waals surface area (Å²) in [4.78, 5) is 20.8. The second-order valence-electron chi connectivity index (χ2n) is 5.32. The summed E-state index contributed by atoms with van der Waals surface area (Å²) < 4.78 is 0.768. The maximum Gasteiger partial charge on any atom is 0.273 e. The monoisotopic (exact) mass is 325 g/mol. The predicted molar refractivity (Wildman–Crippen MR) is 79.1 cm³/mol. The van der Waals surface area contributed by atoms with Gasteiger partial charge in [0.25, 0.3) is 5.91 Å². The molecule has 0 atom stereocenters. The summed E-state index contributed by atoms with van der Waals surface area (Å²) in [5.74, 6) is 0.698. The zero-order valence-corrected chi connectivity index (χ0v) is 13.1. The largest absolute Gasteiger partial charge is 0.335 e. The second-order valence-corrected chi connectivity index (χ2v) is 6.17. The second kappa shape index (κ2) is 6.48. The molecule has 0 aromatic carbocycles. The molecule has 5 heteroatoms. The molecular formula is C14H20BrN3O. The topological polar surface area (TPSA) is 36.4 Å². The van der Waals surface area contributed by atoms with Gasteiger partial charge in [-0.2, -0.15) is 0 Å². The summed E-state index contributed by atoms with van der Waals surface area (Å²) in [5.41, 5.74) is 0.514. The average Bonchev–Trinajstić information content (AvgIpc) is 2.39. The molecule has 0 radical (unpaired) electrons. The van der Waals surface area contributed by atoms with Gasteiger partial charge < -0.3 is 4.90 Å². The van der Waals surface area contributed by atoms with Crippen LogP contribution in [0.2, 0.25) is 0 Å². The predicted octanol–water partition coefficient (Wildman–Crippen LogP) is 2.26. The van der Waals surface area contributed by atoms with Gasteiger partial charge in [-0.25, -0.2) is 4.98 Å². The Kier molecular flexibility index (Phi) is 4.93. The van der Waals surface area contributed by atoms with E-state index < -0.39 is 0 Å². The molecule has 0 unspecified atom stereocenters. The van der Waals surface area contributed by atoms with Gasteiger partial charge in [-0.3, -0.25) is 9.69 Å². The van der Waals surface area contributed by atoms with Gasteiger partial charge in [0.2, 0.25) is 0 Å². The Balaban J connectivity index is 1.95. The molecule has 0 aliphatic carbocycles. The third-order valence-corrected chi connectivity index (χ3v) is 3.88. The van der Waals surface area contributed by atoms with Gasteiger partial charge in [0.05, 0.1) is 0 Å². The van der Waals surface area contributed by atoms with Crippen LogP contribution in [0.15, 0.2) is 22.8 Å². The Morgan fingerprint density at radius 2 is 2.05 bits per heavy atom. The summed E-state index contributed by atoms with van der Waals surface area (Å²) in [6.45, 7) is 9.03. The minimum absolute atomic E-state index is 0.0247. The van der Waals surface area contributed by atoms with Gasteiger partial charge in [-0.15, -0.1) is 0 Å². The van der Waals surface area contributed by atoms with Crippen molar-refractivity contribution in [2.45, 2.75) is 13.8 Å². The molecule has 0 spiro atoms. The molecule has 1 amide bonds. The summed E-state index contributed by atoms with van der Waals surface area (Å²) in [5, 5.41) is 0. The van der Waals surface area contributed by atoms with E-state index in [-0.39, 0.29) is 5.91 Å². The molecule has 1 aromatic heterocycles. The maximum atomic E-state index is 12.4. The van der Waals surface area contributed by atoms with E-state index in [9.17, 15) is 4.79 Å². The molecule has 1 aliphatic rings. The van der Waals surface area contributed by atoms with Crippen molar-refractivity contribution in [1.82, 2.24) is 14.8 Å². The minimum atomic E-state index is 0.0247. The Labute approximate surface area is 122 Å². The van der Waals surface area contributed by atoms with Crippen LogP contribution in [0.3, 0.4) is 0 Å². The Hall–Kier alpha value is -0.940. The minimum Gasteiger partial charge on any atom is -0.335 e. The zero-order valence-electron chi connectivity index (χ0n) is 11.5. The number of piperazine rings is 1. The highest BCUT2D eigenvalue weighted by Crippen LogP contribution is 2.16. The van der Waals surface area contributed by atoms with Crippen molar-refractivity contribution in [3.63, 3.8) is 0 Å². The molecule has 2 rings (SSSR count). The highest BCUT2D eigenvalue weighted by atomic mass is 79.9. The first-order valence-corrected chi connectivity index (χ1v) is 7.49.